The van der Waals surface area contributed by atoms with Crippen LogP contribution in [0.25, 0.3) is 0 Å². The zero-order valence-corrected chi connectivity index (χ0v) is 6.69. The van der Waals surface area contributed by atoms with E-state index in [-0.39, 0.29) is 6.61 Å². The maximum absolute atomic E-state index is 9.60. The lowest BCUT2D eigenvalue weighted by Gasteiger charge is -2.00. The molecule has 0 bridgehead atoms. The van der Waals surface area contributed by atoms with Gasteiger partial charge in [-0.05, 0) is 17.7 Å². The van der Waals surface area contributed by atoms with Crippen molar-refractivity contribution in [2.75, 3.05) is 7.11 Å². The number of methoxy groups -OCH3 is 1. The van der Waals surface area contributed by atoms with Crippen LogP contribution in [0.5, 0.6) is 5.75 Å². The van der Waals surface area contributed by atoms with Crippen LogP contribution in [0.2, 0.25) is 0 Å². The molecule has 1 aromatic carbocycles. The monoisotopic (exact) mass is 167 g/mol. The zero-order valence-electron chi connectivity index (χ0n) is 6.69. The molecule has 0 amide bonds. The van der Waals surface area contributed by atoms with Gasteiger partial charge in [-0.2, -0.15) is 0 Å². The van der Waals surface area contributed by atoms with E-state index in [2.05, 4.69) is 10.2 Å². The Hall–Kier alpha value is -1.58. The lowest BCUT2D eigenvalue weighted by atomic mass is 10.2. The summed E-state index contributed by atoms with van der Waals surface area (Å²) >= 11 is 0. The zero-order chi connectivity index (χ0) is 8.81. The quantitative estimate of drug-likeness (QED) is 0.508. The molecule has 0 radical (unpaired) electrons. The highest BCUT2D eigenvalue weighted by Crippen LogP contribution is 2.11. The summed E-state index contributed by atoms with van der Waals surface area (Å²) < 4.78 is 4.95. The van der Waals surface area contributed by atoms with E-state index in [1.165, 1.54) is 0 Å². The van der Waals surface area contributed by atoms with Crippen molar-refractivity contribution in [1.29, 1.82) is 0 Å². The predicted molar refractivity (Wildman–Crippen MR) is 43.6 cm³/mol. The minimum atomic E-state index is 0.202. The molecule has 1 rings (SSSR count). The van der Waals surface area contributed by atoms with Crippen molar-refractivity contribution in [3.8, 4) is 5.75 Å². The van der Waals surface area contributed by atoms with Gasteiger partial charge in [-0.1, -0.05) is 12.1 Å². The van der Waals surface area contributed by atoms with Crippen molar-refractivity contribution in [3.05, 3.63) is 34.7 Å². The average Bonchev–Trinajstić information content (AvgIpc) is 2.15. The maximum Gasteiger partial charge on any atom is 0.155 e. The predicted octanol–water partition coefficient (Wildman–Crippen LogP) is 1.89. The van der Waals surface area contributed by atoms with Crippen LogP contribution < -0.4 is 4.74 Å². The molecule has 0 aliphatic rings. The molecule has 0 atom stereocenters. The summed E-state index contributed by atoms with van der Waals surface area (Å²) in [5.74, 6) is 0.776. The molecule has 0 saturated heterocycles. The van der Waals surface area contributed by atoms with Crippen LogP contribution in [0.3, 0.4) is 0 Å². The number of ether oxygens (including phenoxy) is 1. The van der Waals surface area contributed by atoms with E-state index in [0.717, 1.165) is 11.3 Å². The van der Waals surface area contributed by atoms with Crippen molar-refractivity contribution >= 4 is 0 Å². The molecule has 0 heterocycles. The summed E-state index contributed by atoms with van der Waals surface area (Å²) in [7, 11) is 1.60. The highest BCUT2D eigenvalue weighted by Gasteiger charge is 1.93. The Bertz CT molecular complexity index is 245. The molecule has 4 nitrogen and oxygen atoms in total. The molecule has 0 aliphatic carbocycles. The topological polar surface area (TPSA) is 47.9 Å². The number of hydrogen-bond acceptors (Lipinski definition) is 4. The number of nitrogens with zero attached hydrogens (tertiary/aromatic N) is 1. The third kappa shape index (κ3) is 2.23. The highest BCUT2D eigenvalue weighted by atomic mass is 16.7. The summed E-state index contributed by atoms with van der Waals surface area (Å²) in [6.45, 7) is 0.202. The van der Waals surface area contributed by atoms with Gasteiger partial charge in [0, 0.05) is 0 Å². The fourth-order valence-electron chi connectivity index (χ4n) is 0.823. The second-order valence-electron chi connectivity index (χ2n) is 2.20. The molecule has 0 aromatic heterocycles. The van der Waals surface area contributed by atoms with Crippen molar-refractivity contribution in [3.63, 3.8) is 0 Å². The second kappa shape index (κ2) is 4.33. The van der Waals surface area contributed by atoms with Crippen LogP contribution in [0.1, 0.15) is 5.56 Å². The van der Waals surface area contributed by atoms with Gasteiger partial charge < -0.3 is 9.57 Å². The molecule has 0 saturated carbocycles. The average molecular weight is 167 g/mol. The third-order valence-corrected chi connectivity index (χ3v) is 1.44. The normalized spacial score (nSPS) is 9.08. The van der Waals surface area contributed by atoms with Gasteiger partial charge >= 0.3 is 0 Å². The molecule has 0 fully saturated rings. The van der Waals surface area contributed by atoms with Gasteiger partial charge in [0.15, 0.2) is 5.34 Å². The second-order valence-corrected chi connectivity index (χ2v) is 2.20. The van der Waals surface area contributed by atoms with E-state index in [1.54, 1.807) is 19.2 Å². The molecule has 1 aromatic rings. The first-order chi connectivity index (χ1) is 5.86. The molecular weight excluding hydrogens is 158 g/mol. The molecule has 64 valence electrons. The van der Waals surface area contributed by atoms with Crippen molar-refractivity contribution in [2.24, 2.45) is 5.34 Å². The number of benzene rings is 1. The number of rotatable bonds is 4. The van der Waals surface area contributed by atoms with Crippen molar-refractivity contribution < 1.29 is 9.57 Å². The van der Waals surface area contributed by atoms with E-state index in [0.29, 0.717) is 0 Å². The minimum Gasteiger partial charge on any atom is -0.497 e. The summed E-state index contributed by atoms with van der Waals surface area (Å²) in [5, 5.41) is 2.29. The van der Waals surface area contributed by atoms with Gasteiger partial charge in [-0.3, -0.25) is 0 Å². The Morgan fingerprint density at radius 2 is 2.00 bits per heavy atom. The molecule has 0 spiro atoms. The van der Waals surface area contributed by atoms with Crippen LogP contribution in [-0.4, -0.2) is 7.11 Å². The van der Waals surface area contributed by atoms with Gasteiger partial charge in [0.2, 0.25) is 0 Å². The summed E-state index contributed by atoms with van der Waals surface area (Å²) in [6.07, 6.45) is 0. The Labute approximate surface area is 70.0 Å². The summed E-state index contributed by atoms with van der Waals surface area (Å²) in [6, 6.07) is 7.21. The molecule has 4 heteroatoms. The fraction of sp³-hybridized carbons (Fsp3) is 0.250. The van der Waals surface area contributed by atoms with Crippen LogP contribution in [-0.2, 0) is 11.4 Å². The number of hydrogen-bond donors (Lipinski definition) is 0. The Balaban J connectivity index is 2.58. The van der Waals surface area contributed by atoms with E-state index in [1.807, 2.05) is 12.1 Å². The Morgan fingerprint density at radius 3 is 2.50 bits per heavy atom. The Morgan fingerprint density at radius 1 is 1.33 bits per heavy atom. The van der Waals surface area contributed by atoms with Gasteiger partial charge in [-0.25, -0.2) is 0 Å². The lowest BCUT2D eigenvalue weighted by molar-refractivity contribution is 0.126. The highest BCUT2D eigenvalue weighted by molar-refractivity contribution is 5.26. The molecule has 0 unspecified atom stereocenters. The summed E-state index contributed by atoms with van der Waals surface area (Å²) in [5.41, 5.74) is 0.885. The first kappa shape index (κ1) is 8.52. The molecule has 0 aliphatic heterocycles. The van der Waals surface area contributed by atoms with E-state index in [4.69, 9.17) is 4.74 Å². The van der Waals surface area contributed by atoms with Crippen LogP contribution in [0.4, 0.5) is 0 Å². The van der Waals surface area contributed by atoms with Crippen LogP contribution >= 0.6 is 0 Å². The van der Waals surface area contributed by atoms with Gasteiger partial charge in [-0.15, -0.1) is 4.91 Å². The van der Waals surface area contributed by atoms with Gasteiger partial charge in [0.05, 0.1) is 7.11 Å². The van der Waals surface area contributed by atoms with Crippen molar-refractivity contribution in [1.82, 2.24) is 0 Å². The van der Waals surface area contributed by atoms with Crippen LogP contribution in [0, 0.1) is 4.91 Å². The van der Waals surface area contributed by atoms with Crippen LogP contribution in [0.15, 0.2) is 29.6 Å². The van der Waals surface area contributed by atoms with Crippen molar-refractivity contribution in [2.45, 2.75) is 6.61 Å². The maximum atomic E-state index is 9.60. The lowest BCUT2D eigenvalue weighted by Crippen LogP contribution is -1.87. The SMILES string of the molecule is COc1ccc(CON=O)cc1. The summed E-state index contributed by atoms with van der Waals surface area (Å²) in [4.78, 5) is 13.9. The van der Waals surface area contributed by atoms with E-state index >= 15 is 0 Å². The molecule has 0 N–H and O–H groups in total. The first-order valence-electron chi connectivity index (χ1n) is 3.44. The Kier molecular flexibility index (Phi) is 3.07. The third-order valence-electron chi connectivity index (χ3n) is 1.44. The van der Waals surface area contributed by atoms with Gasteiger partial charge in [0.25, 0.3) is 0 Å². The molecule has 12 heavy (non-hydrogen) atoms. The molecular formula is C8H9NO3. The fourth-order valence-corrected chi connectivity index (χ4v) is 0.823. The van der Waals surface area contributed by atoms with Gasteiger partial charge in [0.1, 0.15) is 12.4 Å². The minimum absolute atomic E-state index is 0.202. The largest absolute Gasteiger partial charge is 0.497 e. The van der Waals surface area contributed by atoms with E-state index < -0.39 is 0 Å². The van der Waals surface area contributed by atoms with E-state index in [9.17, 15) is 4.91 Å². The standard InChI is InChI=1S/C8H9NO3/c1-11-8-4-2-7(3-5-8)6-12-9-10/h2-5H,6H2,1H3. The smallest absolute Gasteiger partial charge is 0.155 e. The first-order valence-corrected chi connectivity index (χ1v) is 3.44.